The van der Waals surface area contributed by atoms with Crippen molar-refractivity contribution in [1.29, 1.82) is 0 Å². The largest absolute Gasteiger partial charge is 0.493 e. The molecule has 1 aromatic carbocycles. The van der Waals surface area contributed by atoms with Gasteiger partial charge in [-0.2, -0.15) is 0 Å². The second-order valence-corrected chi connectivity index (χ2v) is 6.87. The number of carbonyl (C=O) groups is 2. The summed E-state index contributed by atoms with van der Waals surface area (Å²) in [6.07, 6.45) is 1.93. The topological polar surface area (TPSA) is 119 Å². The van der Waals surface area contributed by atoms with E-state index in [1.165, 1.54) is 24.1 Å². The molecule has 1 amide bonds. The molecule has 2 atom stereocenters. The Morgan fingerprint density at radius 2 is 2.00 bits per heavy atom. The summed E-state index contributed by atoms with van der Waals surface area (Å²) in [5, 5.41) is 21.0. The molecule has 1 N–H and O–H groups in total. The van der Waals surface area contributed by atoms with Crippen LogP contribution in [0.25, 0.3) is 0 Å². The molecule has 0 spiro atoms. The van der Waals surface area contributed by atoms with Gasteiger partial charge in [0, 0.05) is 19.2 Å². The third-order valence-corrected chi connectivity index (χ3v) is 5.21. The second-order valence-electron chi connectivity index (χ2n) is 6.87. The summed E-state index contributed by atoms with van der Waals surface area (Å²) < 4.78 is 10.6. The number of benzene rings is 1. The van der Waals surface area contributed by atoms with E-state index in [-0.39, 0.29) is 35.2 Å². The average molecular weight is 378 g/mol. The molecule has 2 fully saturated rings. The number of aliphatic carboxylic acids is 1. The summed E-state index contributed by atoms with van der Waals surface area (Å²) in [5.74, 6) is -1.50. The lowest BCUT2D eigenvalue weighted by Gasteiger charge is -2.18. The molecular weight excluding hydrogens is 356 g/mol. The fraction of sp³-hybridized carbons (Fsp3) is 0.556. The molecule has 0 unspecified atom stereocenters. The van der Waals surface area contributed by atoms with Gasteiger partial charge in [0.2, 0.25) is 0 Å². The minimum absolute atomic E-state index is 0.0580. The maximum absolute atomic E-state index is 13.0. The van der Waals surface area contributed by atoms with Gasteiger partial charge < -0.3 is 19.5 Å². The van der Waals surface area contributed by atoms with Crippen LogP contribution in [-0.4, -0.2) is 53.6 Å². The average Bonchev–Trinajstić information content (AvgIpc) is 3.38. The molecule has 146 valence electrons. The molecule has 0 radical (unpaired) electrons. The normalized spacial score (nSPS) is 21.8. The summed E-state index contributed by atoms with van der Waals surface area (Å²) in [6, 6.07) is 2.48. The molecule has 1 aliphatic heterocycles. The van der Waals surface area contributed by atoms with Crippen molar-refractivity contribution >= 4 is 17.6 Å². The van der Waals surface area contributed by atoms with E-state index in [1.807, 2.05) is 0 Å². The van der Waals surface area contributed by atoms with Gasteiger partial charge in [-0.05, 0) is 31.6 Å². The number of carbonyl (C=O) groups excluding carboxylic acids is 1. The Morgan fingerprint density at radius 1 is 1.30 bits per heavy atom. The van der Waals surface area contributed by atoms with Crippen LogP contribution in [0.15, 0.2) is 12.1 Å². The first-order valence-electron chi connectivity index (χ1n) is 8.88. The Morgan fingerprint density at radius 3 is 2.52 bits per heavy atom. The van der Waals surface area contributed by atoms with Crippen LogP contribution in [0.4, 0.5) is 5.69 Å². The Balaban J connectivity index is 1.94. The van der Waals surface area contributed by atoms with Crippen molar-refractivity contribution in [3.05, 3.63) is 27.8 Å². The molecule has 9 heteroatoms. The number of methoxy groups -OCH3 is 1. The molecule has 1 saturated heterocycles. The SMILES string of the molecule is CCOc1cc(C(=O)N2C[C@H](C(=O)O)[C@@H](C3CC3)C2)c([N+](=O)[O-])cc1OC. The molecule has 1 saturated carbocycles. The van der Waals surface area contributed by atoms with Gasteiger partial charge in [0.25, 0.3) is 11.6 Å². The van der Waals surface area contributed by atoms with Crippen molar-refractivity contribution in [2.24, 2.45) is 17.8 Å². The quantitative estimate of drug-likeness (QED) is 0.570. The third-order valence-electron chi connectivity index (χ3n) is 5.21. The van der Waals surface area contributed by atoms with Crippen molar-refractivity contribution in [2.45, 2.75) is 19.8 Å². The number of nitrogens with zero attached hydrogens (tertiary/aromatic N) is 2. The molecule has 9 nitrogen and oxygen atoms in total. The van der Waals surface area contributed by atoms with E-state index in [2.05, 4.69) is 0 Å². The van der Waals surface area contributed by atoms with Gasteiger partial charge in [-0.15, -0.1) is 0 Å². The molecule has 27 heavy (non-hydrogen) atoms. The maximum atomic E-state index is 13.0. The van der Waals surface area contributed by atoms with Crippen molar-refractivity contribution in [2.75, 3.05) is 26.8 Å². The van der Waals surface area contributed by atoms with E-state index in [0.29, 0.717) is 19.1 Å². The van der Waals surface area contributed by atoms with E-state index in [4.69, 9.17) is 9.47 Å². The predicted octanol–water partition coefficient (Wildman–Crippen LogP) is 2.18. The lowest BCUT2D eigenvalue weighted by atomic mass is 9.92. The monoisotopic (exact) mass is 378 g/mol. The van der Waals surface area contributed by atoms with Crippen LogP contribution in [-0.2, 0) is 4.79 Å². The molecule has 0 aromatic heterocycles. The molecule has 1 heterocycles. The van der Waals surface area contributed by atoms with E-state index >= 15 is 0 Å². The number of carboxylic acids is 1. The number of likely N-dealkylation sites (tertiary alicyclic amines) is 1. The van der Waals surface area contributed by atoms with Crippen LogP contribution in [0.2, 0.25) is 0 Å². The molecular formula is C18H22N2O7. The highest BCUT2D eigenvalue weighted by Gasteiger charge is 2.47. The van der Waals surface area contributed by atoms with Crippen LogP contribution in [0.3, 0.4) is 0 Å². The van der Waals surface area contributed by atoms with Crippen LogP contribution in [0.1, 0.15) is 30.1 Å². The standard InChI is InChI=1S/C18H22N2O7/c1-3-27-16-6-11(14(20(24)25)7-15(16)26-2)17(21)19-8-12(10-4-5-10)13(9-19)18(22)23/h6-7,10,12-13H,3-5,8-9H2,1-2H3,(H,22,23)/t12-,13+/m1/s1. The zero-order chi connectivity index (χ0) is 19.7. The van der Waals surface area contributed by atoms with Gasteiger partial charge in [0.15, 0.2) is 11.5 Å². The van der Waals surface area contributed by atoms with E-state index < -0.39 is 22.7 Å². The van der Waals surface area contributed by atoms with Crippen molar-refractivity contribution in [3.8, 4) is 11.5 Å². The summed E-state index contributed by atoms with van der Waals surface area (Å²) in [4.78, 5) is 36.8. The number of nitro benzene ring substituents is 1. The number of nitro groups is 1. The van der Waals surface area contributed by atoms with Crippen LogP contribution < -0.4 is 9.47 Å². The van der Waals surface area contributed by atoms with Gasteiger partial charge >= 0.3 is 5.97 Å². The summed E-state index contributed by atoms with van der Waals surface area (Å²) >= 11 is 0. The molecule has 0 bridgehead atoms. The highest BCUT2D eigenvalue weighted by atomic mass is 16.6. The first-order chi connectivity index (χ1) is 12.9. The van der Waals surface area contributed by atoms with Gasteiger partial charge in [-0.3, -0.25) is 19.7 Å². The lowest BCUT2D eigenvalue weighted by Crippen LogP contribution is -2.30. The van der Waals surface area contributed by atoms with Crippen molar-refractivity contribution in [1.82, 2.24) is 4.90 Å². The lowest BCUT2D eigenvalue weighted by molar-refractivity contribution is -0.385. The Kier molecular flexibility index (Phi) is 5.20. The fourth-order valence-corrected chi connectivity index (χ4v) is 3.73. The van der Waals surface area contributed by atoms with Gasteiger partial charge in [0.05, 0.1) is 30.6 Å². The smallest absolute Gasteiger partial charge is 0.308 e. The highest BCUT2D eigenvalue weighted by molar-refractivity contribution is 5.99. The van der Waals surface area contributed by atoms with Crippen LogP contribution in [0, 0.1) is 27.9 Å². The zero-order valence-electron chi connectivity index (χ0n) is 15.2. The molecule has 3 rings (SSSR count). The van der Waals surface area contributed by atoms with Crippen molar-refractivity contribution < 1.29 is 29.1 Å². The summed E-state index contributed by atoms with van der Waals surface area (Å²) in [6.45, 7) is 2.41. The highest BCUT2D eigenvalue weighted by Crippen LogP contribution is 2.45. The number of hydrogen-bond acceptors (Lipinski definition) is 6. The minimum Gasteiger partial charge on any atom is -0.493 e. The first kappa shape index (κ1) is 18.9. The number of ether oxygens (including phenoxy) is 2. The van der Waals surface area contributed by atoms with Crippen molar-refractivity contribution in [3.63, 3.8) is 0 Å². The molecule has 1 aromatic rings. The summed E-state index contributed by atoms with van der Waals surface area (Å²) in [5.41, 5.74) is -0.508. The predicted molar refractivity (Wildman–Crippen MR) is 94.1 cm³/mol. The van der Waals surface area contributed by atoms with Crippen LogP contribution >= 0.6 is 0 Å². The second kappa shape index (κ2) is 7.42. The Hall–Kier alpha value is -2.84. The van der Waals surface area contributed by atoms with E-state index in [1.54, 1.807) is 6.92 Å². The van der Waals surface area contributed by atoms with Crippen LogP contribution in [0.5, 0.6) is 11.5 Å². The minimum atomic E-state index is -0.929. The summed E-state index contributed by atoms with van der Waals surface area (Å²) in [7, 11) is 1.36. The maximum Gasteiger partial charge on any atom is 0.308 e. The van der Waals surface area contributed by atoms with E-state index in [9.17, 15) is 24.8 Å². The Bertz CT molecular complexity index is 775. The number of hydrogen-bond donors (Lipinski definition) is 1. The number of rotatable bonds is 7. The third kappa shape index (κ3) is 3.67. The number of carboxylic acid groups (broad SMARTS) is 1. The zero-order valence-corrected chi connectivity index (χ0v) is 15.2. The first-order valence-corrected chi connectivity index (χ1v) is 8.88. The number of amides is 1. The molecule has 1 aliphatic carbocycles. The van der Waals surface area contributed by atoms with E-state index in [0.717, 1.165) is 12.8 Å². The van der Waals surface area contributed by atoms with Gasteiger partial charge in [-0.1, -0.05) is 0 Å². The fourth-order valence-electron chi connectivity index (χ4n) is 3.73. The van der Waals surface area contributed by atoms with Gasteiger partial charge in [-0.25, -0.2) is 0 Å². The Labute approximate surface area is 156 Å². The molecule has 2 aliphatic rings. The van der Waals surface area contributed by atoms with Gasteiger partial charge in [0.1, 0.15) is 5.56 Å².